The summed E-state index contributed by atoms with van der Waals surface area (Å²) in [7, 11) is 0. The van der Waals surface area contributed by atoms with Crippen molar-refractivity contribution in [1.29, 1.82) is 0 Å². The molecule has 44 heavy (non-hydrogen) atoms. The molecule has 8 nitrogen and oxygen atoms in total. The monoisotopic (exact) mass is 664 g/mol. The van der Waals surface area contributed by atoms with E-state index in [0.717, 1.165) is 0 Å². The quantitative estimate of drug-likeness (QED) is 0.208. The number of carboxylic acid groups (broad SMARTS) is 1. The zero-order chi connectivity index (χ0) is 32.1. The Hall–Kier alpha value is -2.86. The molecule has 1 amide bonds. The number of ether oxygens (including phenoxy) is 1. The Kier molecular flexibility index (Phi) is 11.6. The predicted octanol–water partition coefficient (Wildman–Crippen LogP) is 6.71. The molecular weight excluding hydrogens is 630 g/mol. The van der Waals surface area contributed by atoms with Crippen molar-refractivity contribution in [2.75, 3.05) is 6.54 Å². The summed E-state index contributed by atoms with van der Waals surface area (Å²) in [5, 5.41) is 10.6. The lowest BCUT2D eigenvalue weighted by Gasteiger charge is -2.50. The Morgan fingerprint density at radius 2 is 1.70 bits per heavy atom. The van der Waals surface area contributed by atoms with Crippen LogP contribution < -0.4 is 0 Å². The fourth-order valence-electron chi connectivity index (χ4n) is 5.65. The molecule has 3 aromatic carbocycles. The number of hydrogen-bond acceptors (Lipinski definition) is 4. The molecule has 1 aliphatic heterocycles. The van der Waals surface area contributed by atoms with Crippen LogP contribution in [0.15, 0.2) is 72.8 Å². The van der Waals surface area contributed by atoms with Crippen molar-refractivity contribution >= 4 is 46.3 Å². The summed E-state index contributed by atoms with van der Waals surface area (Å²) in [6.45, 7) is 5.42. The molecule has 1 heterocycles. The average molecular weight is 666 g/mol. The number of hydrogen-bond donors (Lipinski definition) is 2. The summed E-state index contributed by atoms with van der Waals surface area (Å²) in [5.41, 5.74) is 1.69. The molecular formula is C32H35Cl2FN2O6S. The van der Waals surface area contributed by atoms with Gasteiger partial charge in [0.2, 0.25) is 11.3 Å². The molecule has 0 aromatic heterocycles. The normalized spacial score (nSPS) is 21.0. The highest BCUT2D eigenvalue weighted by Crippen LogP contribution is 2.45. The molecule has 1 fully saturated rings. The number of benzene rings is 3. The first kappa shape index (κ1) is 34.0. The number of carbonyl (C=O) groups excluding carboxylic acids is 1. The van der Waals surface area contributed by atoms with Crippen molar-refractivity contribution in [2.45, 2.75) is 63.9 Å². The van der Waals surface area contributed by atoms with E-state index in [1.807, 2.05) is 13.8 Å². The minimum Gasteiger partial charge on any atom is -0.481 e. The fourth-order valence-corrected chi connectivity index (χ4v) is 6.64. The summed E-state index contributed by atoms with van der Waals surface area (Å²) in [6, 6.07) is 18.0. The number of rotatable bonds is 12. The molecule has 3 aromatic rings. The Bertz CT molecular complexity index is 1490. The third kappa shape index (κ3) is 8.04. The summed E-state index contributed by atoms with van der Waals surface area (Å²) < 4.78 is 45.3. The molecule has 0 bridgehead atoms. The van der Waals surface area contributed by atoms with Gasteiger partial charge in [-0.25, -0.2) is 8.60 Å². The highest BCUT2D eigenvalue weighted by Gasteiger charge is 2.48. The highest BCUT2D eigenvalue weighted by molar-refractivity contribution is 7.76. The van der Waals surface area contributed by atoms with Gasteiger partial charge in [-0.05, 0) is 66.3 Å². The maximum Gasteiger partial charge on any atom is 0.306 e. The van der Waals surface area contributed by atoms with E-state index in [1.54, 1.807) is 78.6 Å². The van der Waals surface area contributed by atoms with Crippen LogP contribution in [0.3, 0.4) is 0 Å². The van der Waals surface area contributed by atoms with Crippen LogP contribution in [0.2, 0.25) is 10.0 Å². The van der Waals surface area contributed by atoms with Crippen molar-refractivity contribution in [2.24, 2.45) is 5.92 Å². The first-order chi connectivity index (χ1) is 20.9. The van der Waals surface area contributed by atoms with Crippen LogP contribution in [-0.4, -0.2) is 59.7 Å². The van der Waals surface area contributed by atoms with Gasteiger partial charge in [-0.3, -0.25) is 14.1 Å². The van der Waals surface area contributed by atoms with Gasteiger partial charge in [0, 0.05) is 28.7 Å². The van der Waals surface area contributed by atoms with Gasteiger partial charge >= 0.3 is 5.97 Å². The van der Waals surface area contributed by atoms with E-state index in [2.05, 4.69) is 0 Å². The molecule has 0 spiro atoms. The average Bonchev–Trinajstić information content (AvgIpc) is 2.96. The third-order valence-corrected chi connectivity index (χ3v) is 9.23. The number of carboxylic acids is 1. The minimum absolute atomic E-state index is 0.0612. The first-order valence-electron chi connectivity index (χ1n) is 14.2. The van der Waals surface area contributed by atoms with E-state index in [4.69, 9.17) is 27.9 Å². The second-order valence-corrected chi connectivity index (χ2v) is 13.0. The van der Waals surface area contributed by atoms with Crippen molar-refractivity contribution in [3.8, 4) is 0 Å². The molecule has 1 aliphatic rings. The van der Waals surface area contributed by atoms with Crippen LogP contribution in [0.4, 0.5) is 4.39 Å². The number of amides is 1. The lowest BCUT2D eigenvalue weighted by Crippen LogP contribution is -2.59. The Morgan fingerprint density at radius 3 is 2.30 bits per heavy atom. The van der Waals surface area contributed by atoms with Crippen molar-refractivity contribution in [3.63, 3.8) is 0 Å². The van der Waals surface area contributed by atoms with E-state index >= 15 is 0 Å². The standard InChI is InChI=1S/C32H35Cl2FN2O6S/c1-19(2)27(18-36(44(41)42)20(3)15-22-7-4-5-10-26(22)35)37-30(21-11-13-24(33)14-12-21)31(23-8-6-9-25(34)16-23)43-28(32(37)40)17-29(38)39/h4-14,16,19-20,27-28,30-31H,15,17-18H2,1-3H3,(H,38,39)(H,41,42)/t20-,27?,28-,30+,31+/m0/s1. The Morgan fingerprint density at radius 1 is 1.02 bits per heavy atom. The van der Waals surface area contributed by atoms with Crippen LogP contribution in [0.5, 0.6) is 0 Å². The zero-order valence-electron chi connectivity index (χ0n) is 24.5. The summed E-state index contributed by atoms with van der Waals surface area (Å²) in [4.78, 5) is 27.7. The SMILES string of the molecule is CC(C)C(CN([C@@H](C)Cc1ccccc1F)S(=O)O)N1C(=O)[C@H](CC(=O)O)O[C@H](c2cccc(Cl)c2)[C@H]1c1ccc(Cl)cc1. The number of carbonyl (C=O) groups is 2. The number of halogens is 3. The maximum atomic E-state index is 14.5. The van der Waals surface area contributed by atoms with E-state index in [-0.39, 0.29) is 18.9 Å². The third-order valence-electron chi connectivity index (χ3n) is 7.84. The van der Waals surface area contributed by atoms with E-state index in [0.29, 0.717) is 26.7 Å². The molecule has 12 heteroatoms. The van der Waals surface area contributed by atoms with Gasteiger partial charge in [-0.2, -0.15) is 4.31 Å². The number of morpholine rings is 1. The van der Waals surface area contributed by atoms with Crippen LogP contribution in [-0.2, 0) is 32.0 Å². The summed E-state index contributed by atoms with van der Waals surface area (Å²) >= 11 is 10.1. The molecule has 0 radical (unpaired) electrons. The van der Waals surface area contributed by atoms with Gasteiger partial charge in [0.05, 0.1) is 12.5 Å². The Labute approximate surface area is 269 Å². The molecule has 6 atom stereocenters. The van der Waals surface area contributed by atoms with Gasteiger partial charge in [0.15, 0.2) is 0 Å². The van der Waals surface area contributed by atoms with Gasteiger partial charge < -0.3 is 14.7 Å². The minimum atomic E-state index is -2.48. The lowest BCUT2D eigenvalue weighted by atomic mass is 9.87. The van der Waals surface area contributed by atoms with E-state index < -0.39 is 65.7 Å². The summed E-state index contributed by atoms with van der Waals surface area (Å²) in [6.07, 6.45) is -2.59. The van der Waals surface area contributed by atoms with Crippen molar-refractivity contribution < 1.29 is 32.6 Å². The van der Waals surface area contributed by atoms with Crippen molar-refractivity contribution in [1.82, 2.24) is 9.21 Å². The molecule has 236 valence electrons. The smallest absolute Gasteiger partial charge is 0.306 e. The topological polar surface area (TPSA) is 107 Å². The molecule has 2 unspecified atom stereocenters. The molecule has 1 saturated heterocycles. The van der Waals surface area contributed by atoms with E-state index in [9.17, 15) is 27.8 Å². The van der Waals surface area contributed by atoms with Gasteiger partial charge in [0.25, 0.3) is 5.91 Å². The van der Waals surface area contributed by atoms with E-state index in [1.165, 1.54) is 10.4 Å². The number of aliphatic carboxylic acids is 1. The predicted molar refractivity (Wildman–Crippen MR) is 168 cm³/mol. The fraction of sp³-hybridized carbons (Fsp3) is 0.375. The van der Waals surface area contributed by atoms with Crippen LogP contribution in [0, 0.1) is 11.7 Å². The summed E-state index contributed by atoms with van der Waals surface area (Å²) in [5.74, 6) is -2.45. The van der Waals surface area contributed by atoms with Gasteiger partial charge in [-0.1, -0.05) is 79.5 Å². The first-order valence-corrected chi connectivity index (χ1v) is 16.0. The highest BCUT2D eigenvalue weighted by atomic mass is 35.5. The molecule has 4 rings (SSSR count). The van der Waals surface area contributed by atoms with Crippen molar-refractivity contribution in [3.05, 3.63) is 105 Å². The molecule has 2 N–H and O–H groups in total. The largest absolute Gasteiger partial charge is 0.481 e. The van der Waals surface area contributed by atoms with Crippen LogP contribution in [0.1, 0.15) is 56.0 Å². The zero-order valence-corrected chi connectivity index (χ0v) is 26.8. The molecule has 0 aliphatic carbocycles. The lowest BCUT2D eigenvalue weighted by molar-refractivity contribution is -0.185. The van der Waals surface area contributed by atoms with Gasteiger partial charge in [-0.15, -0.1) is 0 Å². The second kappa shape index (κ2) is 14.9. The number of nitrogens with zero attached hydrogens (tertiary/aromatic N) is 2. The van der Waals surface area contributed by atoms with Crippen LogP contribution in [0.25, 0.3) is 0 Å². The second-order valence-electron chi connectivity index (χ2n) is 11.2. The van der Waals surface area contributed by atoms with Crippen LogP contribution >= 0.6 is 23.2 Å². The maximum absolute atomic E-state index is 14.5. The van der Waals surface area contributed by atoms with Gasteiger partial charge in [0.1, 0.15) is 18.0 Å². The Balaban J connectivity index is 1.82. The molecule has 0 saturated carbocycles.